The molecule has 2 aliphatic rings. The number of benzene rings is 1. The number of rotatable bonds is 5. The number of ether oxygens (including phenoxy) is 2. The summed E-state index contributed by atoms with van der Waals surface area (Å²) in [5.41, 5.74) is 2.06. The number of likely N-dealkylation sites (tertiary alicyclic amines) is 1. The normalized spacial score (nSPS) is 18.1. The van der Waals surface area contributed by atoms with Gasteiger partial charge in [0.2, 0.25) is 0 Å². The first-order valence-electron chi connectivity index (χ1n) is 10.7. The van der Waals surface area contributed by atoms with Gasteiger partial charge in [-0.3, -0.25) is 9.89 Å². The van der Waals surface area contributed by atoms with E-state index in [-0.39, 0.29) is 36.1 Å². The highest BCUT2D eigenvalue weighted by Crippen LogP contribution is 2.15. The predicted molar refractivity (Wildman–Crippen MR) is 133 cm³/mol. The van der Waals surface area contributed by atoms with Gasteiger partial charge in [0.15, 0.2) is 5.96 Å². The van der Waals surface area contributed by atoms with Crippen LogP contribution in [-0.4, -0.2) is 79.9 Å². The molecule has 0 atom stereocenters. The largest absolute Gasteiger partial charge is 0.444 e. The number of nitrogens with zero attached hydrogens (tertiary/aromatic N) is 3. The van der Waals surface area contributed by atoms with E-state index in [1.807, 2.05) is 20.8 Å². The molecule has 0 radical (unpaired) electrons. The Morgan fingerprint density at radius 1 is 1.23 bits per heavy atom. The lowest BCUT2D eigenvalue weighted by molar-refractivity contribution is 0.00701. The Kier molecular flexibility index (Phi) is 9.83. The van der Waals surface area contributed by atoms with Gasteiger partial charge in [0.05, 0.1) is 19.3 Å². The Morgan fingerprint density at radius 3 is 2.55 bits per heavy atom. The minimum atomic E-state index is -0.469. The summed E-state index contributed by atoms with van der Waals surface area (Å²) in [4.78, 5) is 20.5. The highest BCUT2D eigenvalue weighted by molar-refractivity contribution is 14.0. The third-order valence-corrected chi connectivity index (χ3v) is 5.06. The monoisotopic (exact) mass is 545 g/mol. The topological polar surface area (TPSA) is 78.4 Å². The number of carbonyl (C=O) groups is 1. The van der Waals surface area contributed by atoms with Crippen LogP contribution in [0.2, 0.25) is 0 Å². The van der Waals surface area contributed by atoms with Crippen molar-refractivity contribution >= 4 is 36.0 Å². The van der Waals surface area contributed by atoms with Crippen molar-refractivity contribution in [2.75, 3.05) is 46.4 Å². The number of amides is 1. The smallest absolute Gasteiger partial charge is 0.410 e. The van der Waals surface area contributed by atoms with Crippen LogP contribution in [0, 0.1) is 0 Å². The summed E-state index contributed by atoms with van der Waals surface area (Å²) in [6.07, 6.45) is -0.263. The van der Waals surface area contributed by atoms with Crippen LogP contribution in [0.1, 0.15) is 31.9 Å². The molecule has 3 rings (SSSR count). The van der Waals surface area contributed by atoms with Crippen molar-refractivity contribution in [1.29, 1.82) is 0 Å². The van der Waals surface area contributed by atoms with Crippen LogP contribution >= 0.6 is 24.0 Å². The molecule has 2 N–H and O–H groups in total. The Morgan fingerprint density at radius 2 is 1.90 bits per heavy atom. The molecule has 0 bridgehead atoms. The van der Waals surface area contributed by atoms with Crippen LogP contribution in [0.3, 0.4) is 0 Å². The van der Waals surface area contributed by atoms with Gasteiger partial charge >= 0.3 is 6.09 Å². The molecular formula is C22H36IN5O3. The van der Waals surface area contributed by atoms with Gasteiger partial charge < -0.3 is 25.0 Å². The van der Waals surface area contributed by atoms with Crippen molar-refractivity contribution in [1.82, 2.24) is 20.4 Å². The van der Waals surface area contributed by atoms with Crippen molar-refractivity contribution in [3.05, 3.63) is 35.4 Å². The maximum absolute atomic E-state index is 12.0. The molecule has 2 saturated heterocycles. The Bertz CT molecular complexity index is 741. The molecule has 1 amide bonds. The summed E-state index contributed by atoms with van der Waals surface area (Å²) in [5.74, 6) is 0.738. The standard InChI is InChI=1S/C22H35N5O3.HI/c1-22(2,3)30-21(28)27-15-19(16-27)25-20(23-4)24-13-17-6-5-7-18(12-17)14-26-8-10-29-11-9-26;/h5-7,12,19H,8-11,13-16H2,1-4H3,(H2,23,24,25);1H. The maximum Gasteiger partial charge on any atom is 0.410 e. The molecule has 1 aromatic rings. The second-order valence-corrected chi connectivity index (χ2v) is 8.86. The second-order valence-electron chi connectivity index (χ2n) is 8.86. The van der Waals surface area contributed by atoms with E-state index >= 15 is 0 Å². The lowest BCUT2D eigenvalue weighted by Crippen LogP contribution is -2.63. The summed E-state index contributed by atoms with van der Waals surface area (Å²) in [7, 11) is 1.76. The lowest BCUT2D eigenvalue weighted by atomic mass is 10.1. The SMILES string of the molecule is CN=C(NCc1cccc(CN2CCOCC2)c1)NC1CN(C(=O)OC(C)(C)C)C1.I. The second kappa shape index (κ2) is 11.9. The van der Waals surface area contributed by atoms with Gasteiger partial charge in [0.25, 0.3) is 0 Å². The molecule has 8 nitrogen and oxygen atoms in total. The van der Waals surface area contributed by atoms with Gasteiger partial charge in [-0.2, -0.15) is 0 Å². The van der Waals surface area contributed by atoms with Gasteiger partial charge in [0, 0.05) is 46.3 Å². The van der Waals surface area contributed by atoms with Crippen molar-refractivity contribution in [2.45, 2.75) is 45.5 Å². The zero-order valence-corrected chi connectivity index (χ0v) is 21.3. The van der Waals surface area contributed by atoms with Crippen molar-refractivity contribution < 1.29 is 14.3 Å². The Hall–Kier alpha value is -1.59. The average molecular weight is 545 g/mol. The molecule has 174 valence electrons. The van der Waals surface area contributed by atoms with E-state index in [1.165, 1.54) is 11.1 Å². The van der Waals surface area contributed by atoms with Crippen LogP contribution in [0.15, 0.2) is 29.3 Å². The summed E-state index contributed by atoms with van der Waals surface area (Å²) >= 11 is 0. The number of morpholine rings is 1. The third kappa shape index (κ3) is 8.46. The molecule has 9 heteroatoms. The minimum absolute atomic E-state index is 0. The van der Waals surface area contributed by atoms with E-state index in [9.17, 15) is 4.79 Å². The van der Waals surface area contributed by atoms with Crippen molar-refractivity contribution in [3.63, 3.8) is 0 Å². The predicted octanol–water partition coefficient (Wildman–Crippen LogP) is 2.42. The van der Waals surface area contributed by atoms with E-state index in [0.717, 1.165) is 38.8 Å². The van der Waals surface area contributed by atoms with Crippen LogP contribution < -0.4 is 10.6 Å². The number of hydrogen-bond donors (Lipinski definition) is 2. The molecule has 1 aromatic carbocycles. The first kappa shape index (κ1) is 25.7. The molecule has 0 saturated carbocycles. The van der Waals surface area contributed by atoms with Gasteiger partial charge in [-0.25, -0.2) is 4.79 Å². The van der Waals surface area contributed by atoms with Crippen LogP contribution in [0.5, 0.6) is 0 Å². The summed E-state index contributed by atoms with van der Waals surface area (Å²) in [5, 5.41) is 6.74. The summed E-state index contributed by atoms with van der Waals surface area (Å²) in [6.45, 7) is 12.1. The van der Waals surface area contributed by atoms with E-state index in [0.29, 0.717) is 19.6 Å². The fourth-order valence-corrected chi connectivity index (χ4v) is 3.47. The maximum atomic E-state index is 12.0. The number of hydrogen-bond acceptors (Lipinski definition) is 5. The molecule has 0 unspecified atom stereocenters. The Labute approximate surface area is 202 Å². The summed E-state index contributed by atoms with van der Waals surface area (Å²) < 4.78 is 10.8. The van der Waals surface area contributed by atoms with Crippen molar-refractivity contribution in [3.8, 4) is 0 Å². The fraction of sp³-hybridized carbons (Fsp3) is 0.636. The van der Waals surface area contributed by atoms with Crippen LogP contribution in [0.25, 0.3) is 0 Å². The first-order chi connectivity index (χ1) is 14.3. The zero-order chi connectivity index (χ0) is 21.6. The van der Waals surface area contributed by atoms with Crippen molar-refractivity contribution in [2.24, 2.45) is 4.99 Å². The van der Waals surface area contributed by atoms with Gasteiger partial charge in [-0.1, -0.05) is 24.3 Å². The molecule has 2 fully saturated rings. The van der Waals surface area contributed by atoms with E-state index in [2.05, 4.69) is 44.8 Å². The molecule has 2 heterocycles. The first-order valence-corrected chi connectivity index (χ1v) is 10.7. The number of halogens is 1. The van der Waals surface area contributed by atoms with Crippen LogP contribution in [0.4, 0.5) is 4.79 Å². The van der Waals surface area contributed by atoms with Gasteiger partial charge in [0.1, 0.15) is 5.60 Å². The Balaban J connectivity index is 0.00000341. The number of nitrogens with one attached hydrogen (secondary N) is 2. The van der Waals surface area contributed by atoms with Crippen LogP contribution in [-0.2, 0) is 22.6 Å². The van der Waals surface area contributed by atoms with Gasteiger partial charge in [-0.15, -0.1) is 24.0 Å². The molecular weight excluding hydrogens is 509 g/mol. The summed E-state index contributed by atoms with van der Waals surface area (Å²) in [6, 6.07) is 8.82. The lowest BCUT2D eigenvalue weighted by Gasteiger charge is -2.40. The number of carbonyl (C=O) groups excluding carboxylic acids is 1. The zero-order valence-electron chi connectivity index (χ0n) is 19.0. The fourth-order valence-electron chi connectivity index (χ4n) is 3.47. The third-order valence-electron chi connectivity index (χ3n) is 5.06. The minimum Gasteiger partial charge on any atom is -0.444 e. The molecule has 31 heavy (non-hydrogen) atoms. The van der Waals surface area contributed by atoms with E-state index in [4.69, 9.17) is 9.47 Å². The highest BCUT2D eigenvalue weighted by Gasteiger charge is 2.34. The molecule has 0 aliphatic carbocycles. The molecule has 0 aromatic heterocycles. The van der Waals surface area contributed by atoms with Gasteiger partial charge in [-0.05, 0) is 31.9 Å². The highest BCUT2D eigenvalue weighted by atomic mass is 127. The molecule has 2 aliphatic heterocycles. The van der Waals surface area contributed by atoms with E-state index in [1.54, 1.807) is 11.9 Å². The number of guanidine groups is 1. The average Bonchev–Trinajstić information content (AvgIpc) is 2.66. The quantitative estimate of drug-likeness (QED) is 0.336. The molecule has 0 spiro atoms. The van der Waals surface area contributed by atoms with E-state index < -0.39 is 5.60 Å². The number of aliphatic imine (C=N–C) groups is 1.